The van der Waals surface area contributed by atoms with E-state index in [2.05, 4.69) is 15.2 Å². The first-order chi connectivity index (χ1) is 16.5. The number of ether oxygens (including phenoxy) is 3. The van der Waals surface area contributed by atoms with E-state index in [-0.39, 0.29) is 6.61 Å². The summed E-state index contributed by atoms with van der Waals surface area (Å²) in [5.74, 6) is 0.270. The summed E-state index contributed by atoms with van der Waals surface area (Å²) in [5.41, 5.74) is 0.662. The lowest BCUT2D eigenvalue weighted by atomic mass is 9.91. The number of aromatic nitrogens is 1. The van der Waals surface area contributed by atoms with Crippen molar-refractivity contribution in [2.45, 2.75) is 13.0 Å². The average Bonchev–Trinajstić information content (AvgIpc) is 2.88. The monoisotopic (exact) mass is 467 g/mol. The summed E-state index contributed by atoms with van der Waals surface area (Å²) >= 11 is 0. The Morgan fingerprint density at radius 3 is 2.44 bits per heavy atom. The van der Waals surface area contributed by atoms with Crippen LogP contribution in [0.2, 0.25) is 0 Å². The molecule has 1 saturated heterocycles. The second-order valence-corrected chi connectivity index (χ2v) is 7.89. The fourth-order valence-corrected chi connectivity index (χ4v) is 4.19. The second-order valence-electron chi connectivity index (χ2n) is 7.89. The molecule has 1 amide bonds. The maximum Gasteiger partial charge on any atom is 0.321 e. The standard InChI is InChI=1S/C24H29N5O5/c1-4-34-23(31)20-21(16-8-9-17(32-2)18(15-16)33-3)26-24(27-22(20)30)29-13-11-28(12-14-29)19-7-5-6-10-25-19/h5-10,15,20-21H,4,11-14H2,1-3H3,(H,26,27,30)/t20-,21+/m0/s1. The van der Waals surface area contributed by atoms with E-state index >= 15 is 0 Å². The van der Waals surface area contributed by atoms with Crippen molar-refractivity contribution < 1.29 is 23.8 Å². The van der Waals surface area contributed by atoms with Gasteiger partial charge in [0.2, 0.25) is 11.9 Å². The molecule has 10 heteroatoms. The minimum Gasteiger partial charge on any atom is -0.493 e. The number of methoxy groups -OCH3 is 2. The minimum atomic E-state index is -1.10. The molecular formula is C24H29N5O5. The molecule has 34 heavy (non-hydrogen) atoms. The van der Waals surface area contributed by atoms with Crippen molar-refractivity contribution in [1.29, 1.82) is 0 Å². The third-order valence-corrected chi connectivity index (χ3v) is 5.94. The number of hydrogen-bond donors (Lipinski definition) is 1. The highest BCUT2D eigenvalue weighted by Gasteiger charge is 2.42. The number of carbonyl (C=O) groups excluding carboxylic acids is 2. The Morgan fingerprint density at radius 1 is 1.06 bits per heavy atom. The quantitative estimate of drug-likeness (QED) is 0.505. The highest BCUT2D eigenvalue weighted by molar-refractivity contribution is 6.08. The molecule has 180 valence electrons. The molecule has 1 N–H and O–H groups in total. The summed E-state index contributed by atoms with van der Waals surface area (Å²) < 4.78 is 15.9. The second kappa shape index (κ2) is 10.4. The first kappa shape index (κ1) is 23.3. The van der Waals surface area contributed by atoms with Crippen molar-refractivity contribution in [2.24, 2.45) is 10.9 Å². The van der Waals surface area contributed by atoms with Crippen molar-refractivity contribution in [3.05, 3.63) is 48.2 Å². The Hall–Kier alpha value is -3.82. The summed E-state index contributed by atoms with van der Waals surface area (Å²) in [4.78, 5) is 39.3. The van der Waals surface area contributed by atoms with Crippen LogP contribution in [0.15, 0.2) is 47.6 Å². The van der Waals surface area contributed by atoms with Gasteiger partial charge in [-0.15, -0.1) is 0 Å². The molecule has 2 aliphatic rings. The van der Waals surface area contributed by atoms with Gasteiger partial charge in [-0.25, -0.2) is 9.98 Å². The first-order valence-corrected chi connectivity index (χ1v) is 11.2. The molecular weight excluding hydrogens is 438 g/mol. The van der Waals surface area contributed by atoms with Crippen LogP contribution in [0.3, 0.4) is 0 Å². The van der Waals surface area contributed by atoms with E-state index in [1.807, 2.05) is 23.1 Å². The predicted octanol–water partition coefficient (Wildman–Crippen LogP) is 1.63. The Kier molecular flexibility index (Phi) is 7.15. The first-order valence-electron chi connectivity index (χ1n) is 11.2. The maximum atomic E-state index is 13.1. The van der Waals surface area contributed by atoms with Crippen LogP contribution in [0, 0.1) is 5.92 Å². The van der Waals surface area contributed by atoms with Gasteiger partial charge in [-0.3, -0.25) is 14.9 Å². The molecule has 10 nitrogen and oxygen atoms in total. The third-order valence-electron chi connectivity index (χ3n) is 5.94. The summed E-state index contributed by atoms with van der Waals surface area (Å²) in [7, 11) is 3.09. The molecule has 4 rings (SSSR count). The zero-order valence-corrected chi connectivity index (χ0v) is 19.6. The summed E-state index contributed by atoms with van der Waals surface area (Å²) in [6, 6.07) is 10.3. The van der Waals surface area contributed by atoms with Crippen molar-refractivity contribution in [3.63, 3.8) is 0 Å². The molecule has 0 saturated carbocycles. The van der Waals surface area contributed by atoms with Crippen molar-refractivity contribution in [1.82, 2.24) is 15.2 Å². The molecule has 0 unspecified atom stereocenters. The van der Waals surface area contributed by atoms with Gasteiger partial charge in [0.1, 0.15) is 11.9 Å². The number of esters is 1. The van der Waals surface area contributed by atoms with Crippen LogP contribution in [0.25, 0.3) is 0 Å². The molecule has 2 aliphatic heterocycles. The number of hydrogen-bond acceptors (Lipinski definition) is 9. The molecule has 0 aliphatic carbocycles. The van der Waals surface area contributed by atoms with Gasteiger partial charge < -0.3 is 24.0 Å². The number of piperazine rings is 1. The van der Waals surface area contributed by atoms with Gasteiger partial charge in [-0.2, -0.15) is 0 Å². The van der Waals surface area contributed by atoms with Crippen LogP contribution >= 0.6 is 0 Å². The van der Waals surface area contributed by atoms with Gasteiger partial charge >= 0.3 is 5.97 Å². The van der Waals surface area contributed by atoms with Crippen LogP contribution in [0.4, 0.5) is 5.82 Å². The molecule has 2 aromatic rings. The number of amides is 1. The fourth-order valence-electron chi connectivity index (χ4n) is 4.19. The van der Waals surface area contributed by atoms with E-state index in [4.69, 9.17) is 19.2 Å². The van der Waals surface area contributed by atoms with Gasteiger partial charge in [0, 0.05) is 32.4 Å². The number of rotatable bonds is 6. The Morgan fingerprint density at radius 2 is 1.79 bits per heavy atom. The highest BCUT2D eigenvalue weighted by atomic mass is 16.5. The largest absolute Gasteiger partial charge is 0.493 e. The van der Waals surface area contributed by atoms with Crippen LogP contribution in [0.1, 0.15) is 18.5 Å². The van der Waals surface area contributed by atoms with Crippen molar-refractivity contribution in [3.8, 4) is 11.5 Å². The summed E-state index contributed by atoms with van der Waals surface area (Å²) in [6.45, 7) is 4.65. The molecule has 0 bridgehead atoms. The van der Waals surface area contributed by atoms with Crippen LogP contribution < -0.4 is 19.7 Å². The SMILES string of the molecule is CCOC(=O)[C@@H]1C(=O)NC(N2CCN(c3ccccn3)CC2)=N[C@@H]1c1ccc(OC)c(OC)c1. The van der Waals surface area contributed by atoms with Crippen molar-refractivity contribution >= 4 is 23.7 Å². The lowest BCUT2D eigenvalue weighted by Crippen LogP contribution is -2.57. The van der Waals surface area contributed by atoms with E-state index in [1.54, 1.807) is 38.4 Å². The molecule has 2 atom stereocenters. The van der Waals surface area contributed by atoms with E-state index in [0.717, 1.165) is 18.9 Å². The number of anilines is 1. The topological polar surface area (TPSA) is 106 Å². The lowest BCUT2D eigenvalue weighted by Gasteiger charge is -2.39. The Balaban J connectivity index is 1.61. The summed E-state index contributed by atoms with van der Waals surface area (Å²) in [6.07, 6.45) is 1.77. The molecule has 1 aromatic carbocycles. The number of benzene rings is 1. The van der Waals surface area contributed by atoms with Crippen LogP contribution in [-0.2, 0) is 14.3 Å². The lowest BCUT2D eigenvalue weighted by molar-refractivity contribution is -0.153. The summed E-state index contributed by atoms with van der Waals surface area (Å²) in [5, 5.41) is 2.83. The minimum absolute atomic E-state index is 0.174. The fraction of sp³-hybridized carbons (Fsp3) is 0.417. The molecule has 1 aromatic heterocycles. The number of aliphatic imine (C=N–C) groups is 1. The van der Waals surface area contributed by atoms with E-state index < -0.39 is 23.8 Å². The number of guanidine groups is 1. The average molecular weight is 468 g/mol. The zero-order chi connectivity index (χ0) is 24.1. The van der Waals surface area contributed by atoms with E-state index in [9.17, 15) is 9.59 Å². The van der Waals surface area contributed by atoms with Crippen LogP contribution in [-0.4, -0.2) is 74.7 Å². The van der Waals surface area contributed by atoms with Crippen molar-refractivity contribution in [2.75, 3.05) is 51.9 Å². The van der Waals surface area contributed by atoms with Gasteiger partial charge in [0.05, 0.1) is 20.8 Å². The normalized spacial score (nSPS) is 20.3. The van der Waals surface area contributed by atoms with Gasteiger partial charge in [-0.1, -0.05) is 12.1 Å². The zero-order valence-electron chi connectivity index (χ0n) is 19.6. The molecule has 0 radical (unpaired) electrons. The van der Waals surface area contributed by atoms with Gasteiger partial charge in [0.15, 0.2) is 17.4 Å². The smallest absolute Gasteiger partial charge is 0.321 e. The predicted molar refractivity (Wildman–Crippen MR) is 126 cm³/mol. The number of nitrogens with zero attached hydrogens (tertiary/aromatic N) is 4. The number of nitrogens with one attached hydrogen (secondary N) is 1. The van der Waals surface area contributed by atoms with Crippen LogP contribution in [0.5, 0.6) is 11.5 Å². The van der Waals surface area contributed by atoms with E-state index in [1.165, 1.54) is 7.11 Å². The maximum absolute atomic E-state index is 13.1. The third kappa shape index (κ3) is 4.75. The van der Waals surface area contributed by atoms with Gasteiger partial charge in [0.25, 0.3) is 0 Å². The number of carbonyl (C=O) groups is 2. The molecule has 0 spiro atoms. The number of pyridine rings is 1. The highest BCUT2D eigenvalue weighted by Crippen LogP contribution is 2.36. The molecule has 3 heterocycles. The van der Waals surface area contributed by atoms with Gasteiger partial charge in [-0.05, 0) is 36.8 Å². The Bertz CT molecular complexity index is 1050. The van der Waals surface area contributed by atoms with E-state index in [0.29, 0.717) is 36.1 Å². The Labute approximate surface area is 198 Å². The molecule has 1 fully saturated rings.